The van der Waals surface area contributed by atoms with Crippen molar-refractivity contribution in [2.24, 2.45) is 0 Å². The average molecular weight is 219 g/mol. The van der Waals surface area contributed by atoms with Crippen LogP contribution < -0.4 is 10.6 Å². The average Bonchev–Trinajstić information content (AvgIpc) is 2.31. The molecule has 0 heterocycles. The Morgan fingerprint density at radius 2 is 1.07 bits per heavy atom. The molecule has 0 aromatic heterocycles. The van der Waals surface area contributed by atoms with E-state index in [1.165, 1.54) is 0 Å². The number of hydrogen-bond acceptors (Lipinski definition) is 1. The summed E-state index contributed by atoms with van der Waals surface area (Å²) in [5.74, 6) is 0. The smallest absolute Gasteiger partial charge is 0.391 e. The van der Waals surface area contributed by atoms with Gasteiger partial charge in [-0.05, 0) is 24.3 Å². The van der Waals surface area contributed by atoms with Crippen molar-refractivity contribution < 1.29 is 9.46 Å². The minimum Gasteiger partial charge on any atom is -0.406 e. The Kier molecular flexibility index (Phi) is 2.72. The molecule has 2 N–H and O–H groups in total. The first-order valence-corrected chi connectivity index (χ1v) is 6.38. The van der Waals surface area contributed by atoms with Gasteiger partial charge in [0.25, 0.3) is 0 Å². The van der Waals surface area contributed by atoms with E-state index in [1.54, 1.807) is 48.5 Å². The molecule has 0 atom stereocenters. The molecule has 0 saturated carbocycles. The Bertz CT molecular complexity index is 436. The quantitative estimate of drug-likeness (QED) is 0.559. The van der Waals surface area contributed by atoms with Gasteiger partial charge in [-0.3, -0.25) is 0 Å². The van der Waals surface area contributed by atoms with Gasteiger partial charge in [0.2, 0.25) is 0 Å². The molecule has 2 nitrogen and oxygen atoms in total. The lowest BCUT2D eigenvalue weighted by Gasteiger charge is -2.06. The Balaban J connectivity index is 2.50. The van der Waals surface area contributed by atoms with E-state index in [0.717, 1.165) is 0 Å². The minimum absolute atomic E-state index is 0.580. The van der Waals surface area contributed by atoms with E-state index in [4.69, 9.17) is 4.89 Å². The monoisotopic (exact) mass is 219 g/mol. The fourth-order valence-corrected chi connectivity index (χ4v) is 2.91. The summed E-state index contributed by atoms with van der Waals surface area (Å²) >= 11 is 0. The van der Waals surface area contributed by atoms with Crippen molar-refractivity contribution in [3.8, 4) is 0 Å². The maximum Gasteiger partial charge on any atom is 0.391 e. The first-order chi connectivity index (χ1) is 7.21. The van der Waals surface area contributed by atoms with Gasteiger partial charge >= 0.3 is 7.37 Å². The predicted octanol–water partition coefficient (Wildman–Crippen LogP) is 1.64. The van der Waals surface area contributed by atoms with Gasteiger partial charge < -0.3 is 4.89 Å². The third kappa shape index (κ3) is 2.01. The van der Waals surface area contributed by atoms with E-state index in [9.17, 15) is 4.57 Å². The molecule has 2 aromatic carbocycles. The van der Waals surface area contributed by atoms with Crippen molar-refractivity contribution in [1.29, 1.82) is 0 Å². The van der Waals surface area contributed by atoms with Gasteiger partial charge in [0.05, 0.1) is 10.6 Å². The van der Waals surface area contributed by atoms with Crippen LogP contribution in [0.2, 0.25) is 0 Å². The maximum atomic E-state index is 12.3. The molecule has 2 aromatic rings. The van der Waals surface area contributed by atoms with Crippen LogP contribution in [0.4, 0.5) is 0 Å². The predicted molar refractivity (Wildman–Crippen MR) is 63.4 cm³/mol. The Morgan fingerprint density at radius 3 is 1.40 bits per heavy atom. The molecule has 0 spiro atoms. The highest BCUT2D eigenvalue weighted by atomic mass is 31.2. The minimum atomic E-state index is -3.15. The van der Waals surface area contributed by atoms with Gasteiger partial charge in [-0.1, -0.05) is 36.4 Å². The highest BCUT2D eigenvalue weighted by Crippen LogP contribution is 2.37. The molecule has 0 aliphatic rings. The third-order valence-electron chi connectivity index (χ3n) is 2.24. The summed E-state index contributed by atoms with van der Waals surface area (Å²) in [5.41, 5.74) is 0. The first kappa shape index (κ1) is 10.2. The van der Waals surface area contributed by atoms with Gasteiger partial charge in [0.1, 0.15) is 0 Å². The van der Waals surface area contributed by atoms with Crippen LogP contribution >= 0.6 is 7.37 Å². The standard InChI is InChI=1S/C12H11O2P/c13-15(14,11-7-3-1-4-8-11)12-9-5-2-6-10-12/h1-10H,(H,13,14)/p+1. The molecule has 15 heavy (non-hydrogen) atoms. The van der Waals surface area contributed by atoms with Crippen molar-refractivity contribution in [3.05, 3.63) is 60.7 Å². The second-order valence-corrected chi connectivity index (χ2v) is 5.53. The van der Waals surface area contributed by atoms with Crippen LogP contribution in [0.1, 0.15) is 0 Å². The van der Waals surface area contributed by atoms with Crippen LogP contribution in [0.25, 0.3) is 0 Å². The lowest BCUT2D eigenvalue weighted by atomic mass is 10.4. The van der Waals surface area contributed by atoms with E-state index in [1.807, 2.05) is 12.1 Å². The Morgan fingerprint density at radius 1 is 0.733 bits per heavy atom. The van der Waals surface area contributed by atoms with Crippen molar-refractivity contribution in [3.63, 3.8) is 0 Å². The van der Waals surface area contributed by atoms with E-state index >= 15 is 0 Å². The molecule has 3 heteroatoms. The van der Waals surface area contributed by atoms with Gasteiger partial charge in [0, 0.05) is 0 Å². The summed E-state index contributed by atoms with van der Waals surface area (Å²) in [5, 5.41) is 1.16. The topological polar surface area (TPSA) is 40.0 Å². The van der Waals surface area contributed by atoms with Crippen molar-refractivity contribution in [2.45, 2.75) is 0 Å². The van der Waals surface area contributed by atoms with Crippen LogP contribution in [0.5, 0.6) is 0 Å². The highest BCUT2D eigenvalue weighted by molar-refractivity contribution is 7.73. The molecule has 2 rings (SSSR count). The zero-order chi connectivity index (χ0) is 10.7. The van der Waals surface area contributed by atoms with Crippen molar-refractivity contribution in [2.75, 3.05) is 0 Å². The second-order valence-electron chi connectivity index (χ2n) is 3.28. The number of benzene rings is 2. The molecular formula is C12H12O2P+. The van der Waals surface area contributed by atoms with Gasteiger partial charge in [0.15, 0.2) is 0 Å². The van der Waals surface area contributed by atoms with Crippen LogP contribution in [-0.2, 0) is 4.57 Å². The fraction of sp³-hybridized carbons (Fsp3) is 0. The van der Waals surface area contributed by atoms with Crippen molar-refractivity contribution in [1.82, 2.24) is 0 Å². The molecule has 0 fully saturated rings. The van der Waals surface area contributed by atoms with Crippen molar-refractivity contribution >= 4 is 18.0 Å². The molecule has 0 unspecified atom stereocenters. The molecular weight excluding hydrogens is 207 g/mol. The second kappa shape index (κ2) is 4.01. The first-order valence-electron chi connectivity index (χ1n) is 4.67. The summed E-state index contributed by atoms with van der Waals surface area (Å²) in [6, 6.07) is 17.9. The zero-order valence-corrected chi connectivity index (χ0v) is 9.02. The summed E-state index contributed by atoms with van der Waals surface area (Å²) in [6.07, 6.45) is 0. The Labute approximate surface area is 88.7 Å². The van der Waals surface area contributed by atoms with Crippen LogP contribution in [0.3, 0.4) is 0 Å². The van der Waals surface area contributed by atoms with E-state index in [-0.39, 0.29) is 0 Å². The van der Waals surface area contributed by atoms with Crippen LogP contribution in [0, 0.1) is 0 Å². The SMILES string of the molecule is O=P([OH2+])(c1ccccc1)c1ccccc1. The molecule has 0 radical (unpaired) electrons. The molecule has 0 bridgehead atoms. The Hall–Kier alpha value is -1.37. The molecule has 76 valence electrons. The summed E-state index contributed by atoms with van der Waals surface area (Å²) in [4.78, 5) is 7.96. The van der Waals surface area contributed by atoms with E-state index in [0.29, 0.717) is 10.6 Å². The summed E-state index contributed by atoms with van der Waals surface area (Å²) in [7, 11) is -3.15. The highest BCUT2D eigenvalue weighted by Gasteiger charge is 2.29. The lowest BCUT2D eigenvalue weighted by Crippen LogP contribution is -2.14. The van der Waals surface area contributed by atoms with E-state index < -0.39 is 7.37 Å². The zero-order valence-electron chi connectivity index (χ0n) is 8.13. The fourth-order valence-electron chi connectivity index (χ4n) is 1.42. The normalized spacial score (nSPS) is 11.3. The van der Waals surface area contributed by atoms with Gasteiger partial charge in [-0.25, -0.2) is 4.57 Å². The van der Waals surface area contributed by atoms with Crippen LogP contribution in [0.15, 0.2) is 60.7 Å². The van der Waals surface area contributed by atoms with Crippen LogP contribution in [-0.4, -0.2) is 4.89 Å². The number of hydrogen-bond donors (Lipinski definition) is 0. The number of rotatable bonds is 2. The summed E-state index contributed by atoms with van der Waals surface area (Å²) < 4.78 is 12.3. The summed E-state index contributed by atoms with van der Waals surface area (Å²) in [6.45, 7) is 0. The van der Waals surface area contributed by atoms with Gasteiger partial charge in [-0.15, -0.1) is 0 Å². The maximum absolute atomic E-state index is 12.3. The molecule has 0 saturated heterocycles. The van der Waals surface area contributed by atoms with E-state index in [2.05, 4.69) is 0 Å². The molecule has 0 aliphatic heterocycles. The lowest BCUT2D eigenvalue weighted by molar-refractivity contribution is 0.501. The largest absolute Gasteiger partial charge is 0.406 e. The molecule has 0 amide bonds. The molecule has 0 aliphatic carbocycles. The third-order valence-corrected chi connectivity index (χ3v) is 4.29. The van der Waals surface area contributed by atoms with Gasteiger partial charge in [-0.2, -0.15) is 0 Å².